The Labute approximate surface area is 111 Å². The third-order valence-electron chi connectivity index (χ3n) is 2.81. The highest BCUT2D eigenvalue weighted by Crippen LogP contribution is 2.12. The van der Waals surface area contributed by atoms with Gasteiger partial charge in [0, 0.05) is 12.2 Å². The molecule has 2 aromatic rings. The largest absolute Gasteiger partial charge is 0.399 e. The van der Waals surface area contributed by atoms with Crippen LogP contribution < -0.4 is 11.1 Å². The Hall–Kier alpha value is -2.36. The number of hydrogen-bond donors (Lipinski definition) is 2. The van der Waals surface area contributed by atoms with Gasteiger partial charge in [0.05, 0.1) is 5.56 Å². The van der Waals surface area contributed by atoms with Crippen LogP contribution in [0.25, 0.3) is 0 Å². The van der Waals surface area contributed by atoms with Crippen LogP contribution in [0.2, 0.25) is 0 Å². The van der Waals surface area contributed by atoms with Crippen LogP contribution in [0.3, 0.4) is 0 Å². The molecule has 0 saturated heterocycles. The molecule has 0 aliphatic rings. The van der Waals surface area contributed by atoms with Gasteiger partial charge in [-0.2, -0.15) is 0 Å². The summed E-state index contributed by atoms with van der Waals surface area (Å²) in [4.78, 5) is 11.9. The Morgan fingerprint density at radius 3 is 2.58 bits per heavy atom. The maximum Gasteiger partial charge on any atom is 0.254 e. The molecule has 1 amide bonds. The van der Waals surface area contributed by atoms with Gasteiger partial charge in [-0.3, -0.25) is 4.79 Å². The predicted molar refractivity (Wildman–Crippen MR) is 73.2 cm³/mol. The quantitative estimate of drug-likeness (QED) is 0.831. The number of benzene rings is 2. The van der Waals surface area contributed by atoms with E-state index in [9.17, 15) is 9.18 Å². The minimum atomic E-state index is -0.574. The van der Waals surface area contributed by atoms with Crippen LogP contribution in [0.5, 0.6) is 0 Å². The number of nitrogen functional groups attached to an aromatic ring is 1. The number of amides is 1. The van der Waals surface area contributed by atoms with Gasteiger partial charge in [0.2, 0.25) is 0 Å². The number of hydrogen-bond acceptors (Lipinski definition) is 2. The van der Waals surface area contributed by atoms with Crippen molar-refractivity contribution in [1.29, 1.82) is 0 Å². The molecular weight excluding hydrogens is 243 g/mol. The Morgan fingerprint density at radius 2 is 1.89 bits per heavy atom. The fraction of sp³-hybridized carbons (Fsp3) is 0.133. The van der Waals surface area contributed by atoms with Gasteiger partial charge >= 0.3 is 0 Å². The van der Waals surface area contributed by atoms with Crippen molar-refractivity contribution in [2.75, 3.05) is 5.73 Å². The van der Waals surface area contributed by atoms with Crippen LogP contribution >= 0.6 is 0 Å². The molecule has 0 fully saturated rings. The summed E-state index contributed by atoms with van der Waals surface area (Å²) in [7, 11) is 0. The van der Waals surface area contributed by atoms with Crippen LogP contribution in [-0.2, 0) is 6.54 Å². The van der Waals surface area contributed by atoms with Gasteiger partial charge in [-0.05, 0) is 30.7 Å². The zero-order valence-electron chi connectivity index (χ0n) is 10.6. The van der Waals surface area contributed by atoms with Gasteiger partial charge in [-0.1, -0.05) is 29.8 Å². The molecule has 98 valence electrons. The molecule has 0 aromatic heterocycles. The molecule has 0 radical (unpaired) electrons. The van der Waals surface area contributed by atoms with Crippen molar-refractivity contribution < 1.29 is 9.18 Å². The maximum atomic E-state index is 13.5. The van der Waals surface area contributed by atoms with Gasteiger partial charge in [0.25, 0.3) is 5.91 Å². The van der Waals surface area contributed by atoms with E-state index in [1.54, 1.807) is 0 Å². The summed E-state index contributed by atoms with van der Waals surface area (Å²) in [5.74, 6) is -1.04. The van der Waals surface area contributed by atoms with Crippen molar-refractivity contribution in [3.63, 3.8) is 0 Å². The van der Waals surface area contributed by atoms with E-state index in [0.717, 1.165) is 11.1 Å². The van der Waals surface area contributed by atoms with E-state index in [0.29, 0.717) is 12.2 Å². The summed E-state index contributed by atoms with van der Waals surface area (Å²) in [5, 5.41) is 2.67. The zero-order chi connectivity index (χ0) is 13.8. The molecule has 0 atom stereocenters. The SMILES string of the molecule is Cc1ccc(CNC(=O)c2cc(N)ccc2F)cc1. The van der Waals surface area contributed by atoms with Crippen molar-refractivity contribution in [3.05, 3.63) is 65.0 Å². The van der Waals surface area contributed by atoms with Gasteiger partial charge in [0.1, 0.15) is 5.82 Å². The van der Waals surface area contributed by atoms with Crippen molar-refractivity contribution in [3.8, 4) is 0 Å². The third kappa shape index (κ3) is 3.31. The van der Waals surface area contributed by atoms with E-state index < -0.39 is 11.7 Å². The maximum absolute atomic E-state index is 13.5. The number of halogens is 1. The number of nitrogens with one attached hydrogen (secondary N) is 1. The molecule has 0 unspecified atom stereocenters. The first-order valence-corrected chi connectivity index (χ1v) is 5.95. The average Bonchev–Trinajstić information content (AvgIpc) is 2.40. The fourth-order valence-corrected chi connectivity index (χ4v) is 1.70. The van der Waals surface area contributed by atoms with E-state index in [4.69, 9.17) is 5.73 Å². The highest BCUT2D eigenvalue weighted by atomic mass is 19.1. The molecule has 0 bridgehead atoms. The van der Waals surface area contributed by atoms with Crippen molar-refractivity contribution in [2.24, 2.45) is 0 Å². The Kier molecular flexibility index (Phi) is 3.80. The summed E-state index contributed by atoms with van der Waals surface area (Å²) in [5.41, 5.74) is 7.98. The molecule has 0 heterocycles. The predicted octanol–water partition coefficient (Wildman–Crippen LogP) is 2.65. The second-order valence-electron chi connectivity index (χ2n) is 4.41. The number of carbonyl (C=O) groups is 1. The van der Waals surface area contributed by atoms with E-state index in [1.165, 1.54) is 18.2 Å². The topological polar surface area (TPSA) is 55.1 Å². The monoisotopic (exact) mass is 258 g/mol. The molecule has 2 rings (SSSR count). The number of anilines is 1. The van der Waals surface area contributed by atoms with Crippen molar-refractivity contribution in [1.82, 2.24) is 5.32 Å². The summed E-state index contributed by atoms with van der Waals surface area (Å²) >= 11 is 0. The Bertz CT molecular complexity index is 594. The molecule has 19 heavy (non-hydrogen) atoms. The normalized spacial score (nSPS) is 10.2. The lowest BCUT2D eigenvalue weighted by Gasteiger charge is -2.07. The second kappa shape index (κ2) is 5.52. The van der Waals surface area contributed by atoms with E-state index in [-0.39, 0.29) is 5.56 Å². The molecule has 3 nitrogen and oxygen atoms in total. The first kappa shape index (κ1) is 13.1. The highest BCUT2D eigenvalue weighted by molar-refractivity contribution is 5.95. The molecule has 0 saturated carbocycles. The lowest BCUT2D eigenvalue weighted by Crippen LogP contribution is -2.24. The standard InChI is InChI=1S/C15H15FN2O/c1-10-2-4-11(5-3-10)9-18-15(19)13-8-12(17)6-7-14(13)16/h2-8H,9,17H2,1H3,(H,18,19). The first-order chi connectivity index (χ1) is 9.06. The Morgan fingerprint density at radius 1 is 1.21 bits per heavy atom. The van der Waals surface area contributed by atoms with E-state index >= 15 is 0 Å². The van der Waals surface area contributed by atoms with Crippen LogP contribution in [-0.4, -0.2) is 5.91 Å². The van der Waals surface area contributed by atoms with E-state index in [2.05, 4.69) is 5.32 Å². The summed E-state index contributed by atoms with van der Waals surface area (Å²) in [6.07, 6.45) is 0. The number of nitrogens with two attached hydrogens (primary N) is 1. The minimum absolute atomic E-state index is 0.0351. The van der Waals surface area contributed by atoms with Crippen LogP contribution in [0.15, 0.2) is 42.5 Å². The zero-order valence-corrected chi connectivity index (χ0v) is 10.6. The fourth-order valence-electron chi connectivity index (χ4n) is 1.70. The summed E-state index contributed by atoms with van der Waals surface area (Å²) in [6, 6.07) is 11.7. The van der Waals surface area contributed by atoms with Gasteiger partial charge in [-0.25, -0.2) is 4.39 Å². The molecular formula is C15H15FN2O. The van der Waals surface area contributed by atoms with Crippen molar-refractivity contribution >= 4 is 11.6 Å². The van der Waals surface area contributed by atoms with E-state index in [1.807, 2.05) is 31.2 Å². The number of rotatable bonds is 3. The average molecular weight is 258 g/mol. The highest BCUT2D eigenvalue weighted by Gasteiger charge is 2.11. The molecule has 4 heteroatoms. The minimum Gasteiger partial charge on any atom is -0.399 e. The van der Waals surface area contributed by atoms with Crippen LogP contribution in [0.4, 0.5) is 10.1 Å². The molecule has 3 N–H and O–H groups in total. The van der Waals surface area contributed by atoms with Crippen molar-refractivity contribution in [2.45, 2.75) is 13.5 Å². The van der Waals surface area contributed by atoms with Gasteiger partial charge in [-0.15, -0.1) is 0 Å². The molecule has 0 aliphatic carbocycles. The van der Waals surface area contributed by atoms with Gasteiger partial charge < -0.3 is 11.1 Å². The third-order valence-corrected chi connectivity index (χ3v) is 2.81. The first-order valence-electron chi connectivity index (χ1n) is 5.95. The number of aryl methyl sites for hydroxylation is 1. The summed E-state index contributed by atoms with van der Waals surface area (Å²) in [6.45, 7) is 2.35. The molecule has 0 aliphatic heterocycles. The van der Waals surface area contributed by atoms with Crippen LogP contribution in [0, 0.1) is 12.7 Å². The molecule has 0 spiro atoms. The van der Waals surface area contributed by atoms with Crippen LogP contribution in [0.1, 0.15) is 21.5 Å². The Balaban J connectivity index is 2.05. The second-order valence-corrected chi connectivity index (χ2v) is 4.41. The van der Waals surface area contributed by atoms with Gasteiger partial charge in [0.15, 0.2) is 0 Å². The summed E-state index contributed by atoms with van der Waals surface area (Å²) < 4.78 is 13.5. The smallest absolute Gasteiger partial charge is 0.254 e. The lowest BCUT2D eigenvalue weighted by molar-refractivity contribution is 0.0947. The number of carbonyl (C=O) groups excluding carboxylic acids is 1. The molecule has 2 aromatic carbocycles. The lowest BCUT2D eigenvalue weighted by atomic mass is 10.1.